The number of amides is 2. The van der Waals surface area contributed by atoms with Gasteiger partial charge in [0.1, 0.15) is 11.6 Å². The van der Waals surface area contributed by atoms with Crippen LogP contribution in [-0.4, -0.2) is 58.1 Å². The molecule has 0 unspecified atom stereocenters. The Kier molecular flexibility index (Phi) is 6.39. The summed E-state index contributed by atoms with van der Waals surface area (Å²) in [5, 5.41) is 2.92. The van der Waals surface area contributed by atoms with Crippen LogP contribution in [0.2, 0.25) is 0 Å². The van der Waals surface area contributed by atoms with E-state index in [0.717, 1.165) is 43.1 Å². The lowest BCUT2D eigenvalue weighted by molar-refractivity contribution is 0.136. The zero-order valence-electron chi connectivity index (χ0n) is 16.9. The summed E-state index contributed by atoms with van der Waals surface area (Å²) in [5.74, 6) is 0.710. The molecule has 2 amide bonds. The van der Waals surface area contributed by atoms with Crippen LogP contribution in [-0.2, 0) is 13.1 Å². The fourth-order valence-corrected chi connectivity index (χ4v) is 3.65. The second kappa shape index (κ2) is 9.54. The largest absolute Gasteiger partial charge is 0.334 e. The first kappa shape index (κ1) is 20.1. The Morgan fingerprint density at radius 2 is 1.70 bits per heavy atom. The Labute approximate surface area is 175 Å². The number of imidazole rings is 1. The molecule has 0 spiro atoms. The van der Waals surface area contributed by atoms with Crippen LogP contribution < -0.4 is 5.32 Å². The van der Waals surface area contributed by atoms with Gasteiger partial charge >= 0.3 is 6.03 Å². The number of piperazine rings is 1. The summed E-state index contributed by atoms with van der Waals surface area (Å²) in [6, 6.07) is 16.3. The number of hydrogen-bond donors (Lipinski definition) is 1. The van der Waals surface area contributed by atoms with Crippen molar-refractivity contribution in [3.63, 3.8) is 0 Å². The molecule has 0 radical (unpaired) electrons. The smallest absolute Gasteiger partial charge is 0.317 e. The first-order valence-electron chi connectivity index (χ1n) is 10.3. The van der Waals surface area contributed by atoms with E-state index in [2.05, 4.69) is 31.9 Å². The van der Waals surface area contributed by atoms with Crippen molar-refractivity contribution in [3.8, 4) is 11.4 Å². The summed E-state index contributed by atoms with van der Waals surface area (Å²) in [6.45, 7) is 5.28. The van der Waals surface area contributed by atoms with E-state index >= 15 is 0 Å². The van der Waals surface area contributed by atoms with Gasteiger partial charge in [-0.2, -0.15) is 0 Å². The number of rotatable bonds is 6. The summed E-state index contributed by atoms with van der Waals surface area (Å²) >= 11 is 0. The highest BCUT2D eigenvalue weighted by atomic mass is 19.1. The van der Waals surface area contributed by atoms with Crippen molar-refractivity contribution in [2.45, 2.75) is 13.1 Å². The standard InChI is InChI=1S/C23H26FN5O/c24-21-8-6-19(7-9-21)18-26-23(30)29-16-13-27(14-17-29)12-15-28-11-10-25-22(28)20-4-2-1-3-5-20/h1-11H,12-18H2,(H,26,30). The highest BCUT2D eigenvalue weighted by Gasteiger charge is 2.21. The zero-order chi connectivity index (χ0) is 20.8. The van der Waals surface area contributed by atoms with Gasteiger partial charge in [-0.25, -0.2) is 14.2 Å². The summed E-state index contributed by atoms with van der Waals surface area (Å²) in [6.07, 6.45) is 3.85. The van der Waals surface area contributed by atoms with Crippen LogP contribution in [0.15, 0.2) is 67.0 Å². The molecule has 1 aromatic heterocycles. The third kappa shape index (κ3) is 5.04. The fourth-order valence-electron chi connectivity index (χ4n) is 3.65. The molecule has 1 aliphatic rings. The Balaban J connectivity index is 1.22. The topological polar surface area (TPSA) is 53.4 Å². The molecule has 7 heteroatoms. The van der Waals surface area contributed by atoms with Crippen LogP contribution in [0, 0.1) is 5.82 Å². The van der Waals surface area contributed by atoms with E-state index < -0.39 is 0 Å². The quantitative estimate of drug-likeness (QED) is 0.683. The number of aromatic nitrogens is 2. The molecule has 0 aliphatic carbocycles. The molecule has 1 N–H and O–H groups in total. The van der Waals surface area contributed by atoms with Crippen molar-refractivity contribution >= 4 is 6.03 Å². The molecule has 0 bridgehead atoms. The lowest BCUT2D eigenvalue weighted by Crippen LogP contribution is -2.52. The van der Waals surface area contributed by atoms with Gasteiger partial charge in [-0.3, -0.25) is 4.90 Å². The molecule has 156 valence electrons. The van der Waals surface area contributed by atoms with Gasteiger partial charge in [0.05, 0.1) is 0 Å². The minimum atomic E-state index is -0.271. The van der Waals surface area contributed by atoms with Crippen LogP contribution in [0.1, 0.15) is 5.56 Å². The Bertz CT molecular complexity index is 949. The van der Waals surface area contributed by atoms with Crippen LogP contribution >= 0.6 is 0 Å². The second-order valence-corrected chi connectivity index (χ2v) is 7.42. The number of carbonyl (C=O) groups excluding carboxylic acids is 1. The number of nitrogens with one attached hydrogen (secondary N) is 1. The SMILES string of the molecule is O=C(NCc1ccc(F)cc1)N1CCN(CCn2ccnc2-c2ccccc2)CC1. The lowest BCUT2D eigenvalue weighted by atomic mass is 10.2. The van der Waals surface area contributed by atoms with E-state index in [4.69, 9.17) is 0 Å². The Morgan fingerprint density at radius 1 is 0.967 bits per heavy atom. The molecule has 4 rings (SSSR count). The van der Waals surface area contributed by atoms with E-state index in [9.17, 15) is 9.18 Å². The van der Waals surface area contributed by atoms with Crippen molar-refractivity contribution in [3.05, 3.63) is 78.4 Å². The predicted octanol–water partition coefficient (Wildman–Crippen LogP) is 3.22. The average molecular weight is 407 g/mol. The maximum Gasteiger partial charge on any atom is 0.317 e. The van der Waals surface area contributed by atoms with E-state index in [-0.39, 0.29) is 11.8 Å². The lowest BCUT2D eigenvalue weighted by Gasteiger charge is -2.34. The van der Waals surface area contributed by atoms with Crippen molar-refractivity contribution in [1.29, 1.82) is 0 Å². The number of nitrogens with zero attached hydrogens (tertiary/aromatic N) is 4. The van der Waals surface area contributed by atoms with Gasteiger partial charge in [0.15, 0.2) is 0 Å². The molecule has 0 atom stereocenters. The number of halogens is 1. The highest BCUT2D eigenvalue weighted by molar-refractivity contribution is 5.74. The van der Waals surface area contributed by atoms with Gasteiger partial charge in [0.25, 0.3) is 0 Å². The van der Waals surface area contributed by atoms with Crippen molar-refractivity contribution < 1.29 is 9.18 Å². The highest BCUT2D eigenvalue weighted by Crippen LogP contribution is 2.16. The molecular formula is C23H26FN5O. The van der Waals surface area contributed by atoms with E-state index in [1.165, 1.54) is 12.1 Å². The number of urea groups is 1. The molecule has 1 aliphatic heterocycles. The van der Waals surface area contributed by atoms with E-state index in [1.54, 1.807) is 12.1 Å². The van der Waals surface area contributed by atoms with Gasteiger partial charge in [-0.1, -0.05) is 42.5 Å². The van der Waals surface area contributed by atoms with Crippen LogP contribution in [0.3, 0.4) is 0 Å². The van der Waals surface area contributed by atoms with E-state index in [0.29, 0.717) is 19.6 Å². The molecular weight excluding hydrogens is 381 g/mol. The van der Waals surface area contributed by atoms with E-state index in [1.807, 2.05) is 35.5 Å². The third-order valence-corrected chi connectivity index (χ3v) is 5.42. The summed E-state index contributed by atoms with van der Waals surface area (Å²) in [7, 11) is 0. The number of carbonyl (C=O) groups is 1. The van der Waals surface area contributed by atoms with Crippen LogP contribution in [0.5, 0.6) is 0 Å². The molecule has 3 aromatic rings. The minimum Gasteiger partial charge on any atom is -0.334 e. The van der Waals surface area contributed by atoms with Crippen molar-refractivity contribution in [2.75, 3.05) is 32.7 Å². The molecule has 30 heavy (non-hydrogen) atoms. The van der Waals surface area contributed by atoms with Gasteiger partial charge in [0.2, 0.25) is 0 Å². The molecule has 1 saturated heterocycles. The summed E-state index contributed by atoms with van der Waals surface area (Å²) < 4.78 is 15.1. The van der Waals surface area contributed by atoms with Gasteiger partial charge in [-0.05, 0) is 17.7 Å². The minimum absolute atomic E-state index is 0.0695. The third-order valence-electron chi connectivity index (χ3n) is 5.42. The molecule has 2 heterocycles. The summed E-state index contributed by atoms with van der Waals surface area (Å²) in [5.41, 5.74) is 2.00. The first-order valence-corrected chi connectivity index (χ1v) is 10.3. The summed E-state index contributed by atoms with van der Waals surface area (Å²) in [4.78, 5) is 21.1. The van der Waals surface area contributed by atoms with Gasteiger partial charge < -0.3 is 14.8 Å². The maximum atomic E-state index is 13.0. The Hall–Kier alpha value is -3.19. The molecule has 1 fully saturated rings. The van der Waals surface area contributed by atoms with Gasteiger partial charge in [0, 0.05) is 63.8 Å². The van der Waals surface area contributed by atoms with Crippen LogP contribution in [0.25, 0.3) is 11.4 Å². The van der Waals surface area contributed by atoms with Gasteiger partial charge in [-0.15, -0.1) is 0 Å². The normalized spacial score (nSPS) is 14.6. The number of benzene rings is 2. The van der Waals surface area contributed by atoms with Crippen LogP contribution in [0.4, 0.5) is 9.18 Å². The zero-order valence-corrected chi connectivity index (χ0v) is 16.9. The van der Waals surface area contributed by atoms with Crippen molar-refractivity contribution in [2.24, 2.45) is 0 Å². The van der Waals surface area contributed by atoms with Crippen molar-refractivity contribution in [1.82, 2.24) is 24.7 Å². The molecule has 0 saturated carbocycles. The average Bonchev–Trinajstić information content (AvgIpc) is 3.27. The molecule has 2 aromatic carbocycles. The predicted molar refractivity (Wildman–Crippen MR) is 114 cm³/mol. The second-order valence-electron chi connectivity index (χ2n) is 7.42. The fraction of sp³-hybridized carbons (Fsp3) is 0.304. The first-order chi connectivity index (χ1) is 14.7. The monoisotopic (exact) mass is 407 g/mol. The Morgan fingerprint density at radius 3 is 2.43 bits per heavy atom. The molecule has 6 nitrogen and oxygen atoms in total. The number of hydrogen-bond acceptors (Lipinski definition) is 3. The maximum absolute atomic E-state index is 13.0.